The Bertz CT molecular complexity index is 5790. The van der Waals surface area contributed by atoms with Crippen molar-refractivity contribution in [1.82, 2.24) is 29.5 Å². The Morgan fingerprint density at radius 3 is 2.08 bits per heavy atom. The number of carbonyl (C=O) groups is 2. The molecule has 14 aromatic rings. The Kier molecular flexibility index (Phi) is 20.6. The van der Waals surface area contributed by atoms with Crippen LogP contribution in [0.5, 0.6) is 17.2 Å². The number of benzene rings is 9. The van der Waals surface area contributed by atoms with Crippen molar-refractivity contribution >= 4 is 88.8 Å². The van der Waals surface area contributed by atoms with Crippen molar-refractivity contribution in [2.45, 2.75) is 63.8 Å². The average molecular weight is 1430 g/mol. The van der Waals surface area contributed by atoms with Gasteiger partial charge in [-0.15, -0.1) is 4.91 Å². The lowest BCUT2D eigenvalue weighted by Crippen LogP contribution is -2.36. The zero-order valence-corrected chi connectivity index (χ0v) is 59.8. The van der Waals surface area contributed by atoms with Crippen molar-refractivity contribution in [3.05, 3.63) is 287 Å². The Hall–Kier alpha value is -13.3. The number of rotatable bonds is 13. The average Bonchev–Trinajstić information content (AvgIpc) is 1.36. The van der Waals surface area contributed by atoms with Crippen LogP contribution in [0, 0.1) is 25.7 Å². The molecule has 5 aromatic heterocycles. The van der Waals surface area contributed by atoms with E-state index in [0.29, 0.717) is 27.7 Å². The number of H-pyrrole nitrogens is 2. The van der Waals surface area contributed by atoms with Crippen LogP contribution in [0.15, 0.2) is 273 Å². The first-order chi connectivity index (χ1) is 51.2. The first-order valence-electron chi connectivity index (χ1n) is 34.1. The van der Waals surface area contributed by atoms with E-state index in [2.05, 4.69) is 133 Å². The highest BCUT2D eigenvalue weighted by atomic mass is 32.2. The van der Waals surface area contributed by atoms with E-state index in [9.17, 15) is 22.9 Å². The summed E-state index contributed by atoms with van der Waals surface area (Å²) in [4.78, 5) is 60.9. The van der Waals surface area contributed by atoms with Gasteiger partial charge in [-0.2, -0.15) is 4.98 Å². The number of anilines is 3. The quantitative estimate of drug-likeness (QED) is 0.0585. The van der Waals surface area contributed by atoms with Crippen molar-refractivity contribution in [2.24, 2.45) is 20.9 Å². The number of aryl methyl sites for hydroxylation is 3. The number of Topliss-reactive ketones (excluding diaryl/α,β-unsaturated/α-hetero) is 1. The molecule has 0 saturated carbocycles. The number of para-hydroxylation sites is 3. The van der Waals surface area contributed by atoms with Crippen LogP contribution in [0.1, 0.15) is 47.2 Å². The number of nitrogen functional groups attached to an aromatic ring is 2. The van der Waals surface area contributed by atoms with Gasteiger partial charge in [-0.05, 0) is 176 Å². The van der Waals surface area contributed by atoms with Gasteiger partial charge in [0.2, 0.25) is 17.5 Å². The maximum atomic E-state index is 12.5. The lowest BCUT2D eigenvalue weighted by Gasteiger charge is -2.17. The lowest BCUT2D eigenvalue weighted by molar-refractivity contribution is -0.112. The van der Waals surface area contributed by atoms with Gasteiger partial charge in [0.1, 0.15) is 58.2 Å². The number of ether oxygens (including phenoxy) is 2. The largest absolute Gasteiger partial charge is 0.487 e. The normalized spacial score (nSPS) is 13.2. The van der Waals surface area contributed by atoms with E-state index >= 15 is 0 Å². The minimum Gasteiger partial charge on any atom is -0.487 e. The molecular weight excluding hydrogens is 1350 g/mol. The van der Waals surface area contributed by atoms with E-state index in [1.807, 2.05) is 159 Å². The molecule has 106 heavy (non-hydrogen) atoms. The fraction of sp³-hybridized carbons (Fsp3) is 0.131. The number of nitrogens with one attached hydrogen (secondary N) is 3. The summed E-state index contributed by atoms with van der Waals surface area (Å²) in [5, 5.41) is 7.82. The van der Waals surface area contributed by atoms with Gasteiger partial charge in [0.15, 0.2) is 21.4 Å². The second-order valence-corrected chi connectivity index (χ2v) is 28.1. The highest BCUT2D eigenvalue weighted by Gasteiger charge is 2.34. The number of fused-ring (bicyclic) bond motifs is 5. The van der Waals surface area contributed by atoms with Gasteiger partial charge in [-0.3, -0.25) is 19.6 Å². The van der Waals surface area contributed by atoms with Crippen molar-refractivity contribution in [2.75, 3.05) is 30.5 Å². The molecule has 17 rings (SSSR count). The number of aliphatic imine (C=N–C) groups is 2. The summed E-state index contributed by atoms with van der Waals surface area (Å²) in [7, 11) is -1.60. The Morgan fingerprint density at radius 1 is 0.642 bits per heavy atom. The molecule has 3 aliphatic rings. The molecule has 530 valence electrons. The van der Waals surface area contributed by atoms with E-state index in [-0.39, 0.29) is 46.9 Å². The summed E-state index contributed by atoms with van der Waals surface area (Å²) in [6.07, 6.45) is 6.11. The van der Waals surface area contributed by atoms with Crippen LogP contribution in [0.25, 0.3) is 78.1 Å². The number of carbonyl (C=O) groups excluding carboxylic acids is 2. The monoisotopic (exact) mass is 1430 g/mol. The van der Waals surface area contributed by atoms with Crippen LogP contribution in [0.4, 0.5) is 23.1 Å². The summed E-state index contributed by atoms with van der Waals surface area (Å²) >= 11 is 0. The Labute approximate surface area is 611 Å². The van der Waals surface area contributed by atoms with Gasteiger partial charge in [-0.25, -0.2) is 18.4 Å². The van der Waals surface area contributed by atoms with Crippen molar-refractivity contribution < 1.29 is 31.9 Å². The molecule has 2 aliphatic heterocycles. The lowest BCUT2D eigenvalue weighted by atomic mass is 9.89. The minimum atomic E-state index is -3.38. The molecule has 0 bridgehead atoms. The highest BCUT2D eigenvalue weighted by Crippen LogP contribution is 2.45. The number of hydrogen-bond acceptors (Lipinski definition) is 18. The van der Waals surface area contributed by atoms with Crippen molar-refractivity contribution in [3.63, 3.8) is 0 Å². The summed E-state index contributed by atoms with van der Waals surface area (Å²) < 4.78 is 45.2. The number of furan rings is 1. The first-order valence-corrected chi connectivity index (χ1v) is 35.7. The van der Waals surface area contributed by atoms with Gasteiger partial charge in [0, 0.05) is 71.6 Å². The number of nitrogens with two attached hydrogens (primary N) is 3. The van der Waals surface area contributed by atoms with E-state index in [0.717, 1.165) is 120 Å². The van der Waals surface area contributed by atoms with Crippen LogP contribution in [0.3, 0.4) is 0 Å². The van der Waals surface area contributed by atoms with Gasteiger partial charge < -0.3 is 50.9 Å². The number of ketones is 2. The molecule has 22 heteroatoms. The molecule has 9 N–H and O–H groups in total. The summed E-state index contributed by atoms with van der Waals surface area (Å²) in [5.41, 5.74) is 33.9. The van der Waals surface area contributed by atoms with Crippen LogP contribution in [0.2, 0.25) is 0 Å². The molecular formula is C84H75N13O8S. The molecule has 0 amide bonds. The van der Waals surface area contributed by atoms with Gasteiger partial charge in [0.05, 0.1) is 38.6 Å². The topological polar surface area (TPSA) is 319 Å². The second-order valence-electron chi connectivity index (χ2n) is 26.1. The number of aromatic amines is 2. The van der Waals surface area contributed by atoms with Crippen LogP contribution < -0.4 is 32.0 Å². The summed E-state index contributed by atoms with van der Waals surface area (Å²) in [5.74, 6) is 4.52. The molecule has 0 unspecified atom stereocenters. The predicted molar refractivity (Wildman–Crippen MR) is 420 cm³/mol. The summed E-state index contributed by atoms with van der Waals surface area (Å²) in [6.45, 7) is 11.3. The number of hydrogen-bond donors (Lipinski definition) is 6. The smallest absolute Gasteiger partial charge is 0.229 e. The molecule has 1 aliphatic carbocycles. The number of allylic oxidation sites excluding steroid dienone is 2. The number of sulfone groups is 1. The maximum Gasteiger partial charge on any atom is 0.229 e. The van der Waals surface area contributed by atoms with E-state index < -0.39 is 15.6 Å². The third-order valence-electron chi connectivity index (χ3n) is 17.9. The molecule has 21 nitrogen and oxygen atoms in total. The van der Waals surface area contributed by atoms with E-state index in [1.165, 1.54) is 22.3 Å². The molecule has 7 heterocycles. The molecule has 0 fully saturated rings. The number of nitroso groups, excluding NO2 is 1. The third-order valence-corrected chi connectivity index (χ3v) is 19.6. The van der Waals surface area contributed by atoms with Crippen molar-refractivity contribution in [1.29, 1.82) is 0 Å². The van der Waals surface area contributed by atoms with Crippen LogP contribution in [-0.4, -0.2) is 80.2 Å². The van der Waals surface area contributed by atoms with Crippen LogP contribution in [-0.2, 0) is 38.1 Å². The Balaban J connectivity index is 0.000000119. The third kappa shape index (κ3) is 16.0. The predicted octanol–water partition coefficient (Wildman–Crippen LogP) is 17.0. The molecule has 0 saturated heterocycles. The van der Waals surface area contributed by atoms with Gasteiger partial charge >= 0.3 is 0 Å². The molecule has 9 aromatic carbocycles. The maximum absolute atomic E-state index is 12.5. The van der Waals surface area contributed by atoms with E-state index in [1.54, 1.807) is 37.4 Å². The number of imidazole rings is 1. The molecule has 0 radical (unpaired) electrons. The highest BCUT2D eigenvalue weighted by molar-refractivity contribution is 7.90. The fourth-order valence-corrected chi connectivity index (χ4v) is 14.0. The second kappa shape index (κ2) is 30.7. The molecule has 0 atom stereocenters. The summed E-state index contributed by atoms with van der Waals surface area (Å²) in [6, 6.07) is 72.0. The number of aromatic nitrogens is 6. The SMILES string of the molecule is CNc1ccc2[nH]c(-c3ccccc3)cc2c1N=O.Cc1ccc(-c2ccc3nc(N)nc(N)c3c2C)c2c1OC(C)(C)C2.Cc1ccc(S(=O)(=O)Cc2cccc(Oc3ccccc3)c2)cc1.NC1=CC(=O)C2=NCN=C2C1=O.c1ccc2[nH]c(-c3ccc(-c4ccc(Cn5cccc5)cc4)o3)nc2c1. The minimum absolute atomic E-state index is 0.0535. The number of nitrogens with zero attached hydrogens (tertiary/aromatic N) is 7. The first kappa shape index (κ1) is 71.1. The van der Waals surface area contributed by atoms with Crippen molar-refractivity contribution in [3.8, 4) is 62.5 Å². The standard InChI is InChI=1S/C22H17N3O.C20H22N4O.C20H18O3S.C15H13N3O.C7H5N3O2/c1-2-6-19-18(5-1)23-22(24-19)21-12-11-20(26-21)17-9-7-16(8-10-17)15-25-13-3-4-14-25;1-10-5-6-13(14-9-20(3,4)25-17(10)14)12-7-8-15-16(11(12)2)18(21)24-19(22)23-15;1-16-10-12-20(13-11-16)24(21,22)15-17-6-5-9-19(14-17)23-18-7-3-2-4-8-18;1-16-13-8-7-12-11(15(13)18-19)9-14(17-12)10-5-3-2-4-6-10;8-3-1-4(11)5-6(7(3)12)10-2-9-5/h1-14H,15H2,(H,23,24);5-8H,9H2,1-4H3,(H4,21,22,23,24);2-14H,15H2,1H3;2-9,16-17H,1H3;1H,2,8H2. The van der Waals surface area contributed by atoms with Gasteiger partial charge in [0.25, 0.3) is 0 Å². The van der Waals surface area contributed by atoms with Gasteiger partial charge in [-0.1, -0.05) is 133 Å². The zero-order chi connectivity index (χ0) is 74.2. The Morgan fingerprint density at radius 2 is 1.34 bits per heavy atom. The fourth-order valence-electron chi connectivity index (χ4n) is 12.7. The van der Waals surface area contributed by atoms with E-state index in [4.69, 9.17) is 31.1 Å². The van der Waals surface area contributed by atoms with Crippen LogP contribution >= 0.6 is 0 Å². The zero-order valence-electron chi connectivity index (χ0n) is 59.0. The molecule has 0 spiro atoms.